The molecule has 9 heteroatoms. The number of fused-ring (bicyclic) bond motifs is 2. The number of imidazole rings is 1. The van der Waals surface area contributed by atoms with E-state index in [4.69, 9.17) is 4.42 Å². The fourth-order valence-corrected chi connectivity index (χ4v) is 4.12. The quantitative estimate of drug-likeness (QED) is 0.325. The van der Waals surface area contributed by atoms with E-state index in [9.17, 15) is 0 Å². The molecule has 5 aromatic heterocycles. The minimum absolute atomic E-state index is 0.249. The highest BCUT2D eigenvalue weighted by Gasteiger charge is 2.18. The van der Waals surface area contributed by atoms with Crippen molar-refractivity contribution < 1.29 is 8.81 Å². The summed E-state index contributed by atoms with van der Waals surface area (Å²) in [5.74, 6) is 0.108. The number of rotatable bonds is 6. The van der Waals surface area contributed by atoms with Gasteiger partial charge in [0.05, 0.1) is 18.0 Å². The average molecular weight is 453 g/mol. The van der Waals surface area contributed by atoms with Crippen LogP contribution in [0.5, 0.6) is 0 Å². The molecule has 5 heterocycles. The molecule has 0 amide bonds. The van der Waals surface area contributed by atoms with Crippen molar-refractivity contribution in [3.05, 3.63) is 72.8 Å². The molecule has 0 radical (unpaired) electrons. The molecule has 168 valence electrons. The summed E-state index contributed by atoms with van der Waals surface area (Å²) in [6.45, 7) is 3.61. The van der Waals surface area contributed by atoms with Crippen LogP contribution in [0.15, 0.2) is 65.9 Å². The summed E-state index contributed by atoms with van der Waals surface area (Å²) in [5, 5.41) is 11.1. The monoisotopic (exact) mass is 453 g/mol. The molecule has 34 heavy (non-hydrogen) atoms. The Morgan fingerprint density at radius 2 is 2.03 bits per heavy atom. The molecule has 6 aromatic rings. The van der Waals surface area contributed by atoms with Crippen LogP contribution in [0, 0.1) is 5.82 Å². The zero-order valence-electron chi connectivity index (χ0n) is 18.3. The number of aromatic nitrogens is 6. The molecular formula is C25H20FN7O. The molecule has 3 N–H and O–H groups in total. The third-order valence-electron chi connectivity index (χ3n) is 5.78. The second kappa shape index (κ2) is 8.20. The standard InChI is InChI=1S/C25H20FN7O/c1-2-27-10-14-7-17(12-28-11-14)16-8-19-21(20(26)9-16)32-33-23(19)25-30-22-18(15-4-6-34-13-15)3-5-29-24(22)31-25/h3-9,11-13,27H,2,10H2,1H3,(H,32,33)(H,29,30,31). The Labute approximate surface area is 193 Å². The van der Waals surface area contributed by atoms with Crippen LogP contribution < -0.4 is 5.32 Å². The number of nitrogens with zero attached hydrogens (tertiary/aromatic N) is 4. The van der Waals surface area contributed by atoms with Crippen molar-refractivity contribution in [2.24, 2.45) is 0 Å². The Morgan fingerprint density at radius 3 is 2.88 bits per heavy atom. The normalized spacial score (nSPS) is 11.6. The number of pyridine rings is 2. The molecule has 0 aliphatic heterocycles. The van der Waals surface area contributed by atoms with Gasteiger partial charge in [-0.1, -0.05) is 6.92 Å². The maximum atomic E-state index is 15.1. The first kappa shape index (κ1) is 20.3. The van der Waals surface area contributed by atoms with E-state index in [2.05, 4.69) is 35.5 Å². The highest BCUT2D eigenvalue weighted by Crippen LogP contribution is 2.33. The van der Waals surface area contributed by atoms with Gasteiger partial charge in [0, 0.05) is 47.2 Å². The summed E-state index contributed by atoms with van der Waals surface area (Å²) in [4.78, 5) is 16.7. The lowest BCUT2D eigenvalue weighted by atomic mass is 10.0. The Morgan fingerprint density at radius 1 is 1.09 bits per heavy atom. The molecule has 0 aliphatic carbocycles. The Bertz CT molecular complexity index is 1620. The van der Waals surface area contributed by atoms with Gasteiger partial charge in [-0.15, -0.1) is 0 Å². The van der Waals surface area contributed by atoms with Crippen LogP contribution in [0.3, 0.4) is 0 Å². The van der Waals surface area contributed by atoms with E-state index in [1.165, 1.54) is 6.07 Å². The number of H-pyrrole nitrogens is 2. The van der Waals surface area contributed by atoms with Crippen molar-refractivity contribution in [1.82, 2.24) is 35.5 Å². The molecule has 6 rings (SSSR count). The zero-order valence-corrected chi connectivity index (χ0v) is 18.3. The Kier molecular flexibility index (Phi) is 4.88. The number of furan rings is 1. The second-order valence-electron chi connectivity index (χ2n) is 7.97. The predicted octanol–water partition coefficient (Wildman–Crippen LogP) is 5.07. The number of hydrogen-bond donors (Lipinski definition) is 3. The first-order valence-electron chi connectivity index (χ1n) is 10.9. The van der Waals surface area contributed by atoms with E-state index in [0.29, 0.717) is 34.7 Å². The van der Waals surface area contributed by atoms with Gasteiger partial charge in [-0.05, 0) is 48.0 Å². The maximum Gasteiger partial charge on any atom is 0.178 e. The molecule has 0 saturated carbocycles. The molecule has 0 aliphatic rings. The van der Waals surface area contributed by atoms with Crippen LogP contribution in [0.2, 0.25) is 0 Å². The van der Waals surface area contributed by atoms with Gasteiger partial charge in [-0.25, -0.2) is 14.4 Å². The lowest BCUT2D eigenvalue weighted by Crippen LogP contribution is -2.11. The van der Waals surface area contributed by atoms with E-state index in [1.54, 1.807) is 24.9 Å². The summed E-state index contributed by atoms with van der Waals surface area (Å²) >= 11 is 0. The molecule has 0 saturated heterocycles. The Balaban J connectivity index is 1.47. The van der Waals surface area contributed by atoms with Gasteiger partial charge in [0.2, 0.25) is 0 Å². The van der Waals surface area contributed by atoms with Crippen molar-refractivity contribution in [2.75, 3.05) is 6.54 Å². The summed E-state index contributed by atoms with van der Waals surface area (Å²) in [6.07, 6.45) is 8.53. The van der Waals surface area contributed by atoms with Gasteiger partial charge in [0.25, 0.3) is 0 Å². The summed E-state index contributed by atoms with van der Waals surface area (Å²) in [5.41, 5.74) is 6.55. The minimum atomic E-state index is -0.416. The molecule has 8 nitrogen and oxygen atoms in total. The van der Waals surface area contributed by atoms with E-state index in [1.807, 2.05) is 37.4 Å². The summed E-state index contributed by atoms with van der Waals surface area (Å²) in [7, 11) is 0. The number of hydrogen-bond acceptors (Lipinski definition) is 6. The molecule has 0 atom stereocenters. The fraction of sp³-hybridized carbons (Fsp3) is 0.120. The van der Waals surface area contributed by atoms with Crippen LogP contribution in [0.4, 0.5) is 4.39 Å². The van der Waals surface area contributed by atoms with Crippen molar-refractivity contribution in [2.45, 2.75) is 13.5 Å². The zero-order chi connectivity index (χ0) is 23.1. The van der Waals surface area contributed by atoms with E-state index < -0.39 is 5.82 Å². The minimum Gasteiger partial charge on any atom is -0.472 e. The molecule has 0 bridgehead atoms. The van der Waals surface area contributed by atoms with Crippen LogP contribution in [0.25, 0.3) is 55.8 Å². The van der Waals surface area contributed by atoms with Crippen molar-refractivity contribution in [3.8, 4) is 33.8 Å². The molecule has 0 spiro atoms. The van der Waals surface area contributed by atoms with Gasteiger partial charge in [-0.2, -0.15) is 5.10 Å². The number of benzene rings is 1. The SMILES string of the molecule is CCNCc1cncc(-c2cc(F)c3n[nH]c(-c4nc5nccc(-c6ccoc6)c5[nH]4)c3c2)c1. The lowest BCUT2D eigenvalue weighted by molar-refractivity contribution is 0.568. The highest BCUT2D eigenvalue weighted by molar-refractivity contribution is 5.97. The van der Waals surface area contributed by atoms with Crippen molar-refractivity contribution >= 4 is 22.1 Å². The van der Waals surface area contributed by atoms with E-state index >= 15 is 4.39 Å². The van der Waals surface area contributed by atoms with Crippen LogP contribution in [0.1, 0.15) is 12.5 Å². The number of halogens is 1. The van der Waals surface area contributed by atoms with Gasteiger partial charge in [0.15, 0.2) is 17.3 Å². The second-order valence-corrected chi connectivity index (χ2v) is 7.97. The Hall–Kier alpha value is -4.37. The van der Waals surface area contributed by atoms with Gasteiger partial charge in [-0.3, -0.25) is 10.1 Å². The fourth-order valence-electron chi connectivity index (χ4n) is 4.12. The first-order valence-corrected chi connectivity index (χ1v) is 10.9. The topological polar surface area (TPSA) is 108 Å². The number of aromatic amines is 2. The third-order valence-corrected chi connectivity index (χ3v) is 5.78. The molecule has 1 aromatic carbocycles. The van der Waals surface area contributed by atoms with E-state index in [0.717, 1.165) is 34.3 Å². The molecule has 0 fully saturated rings. The van der Waals surface area contributed by atoms with Gasteiger partial charge in [0.1, 0.15) is 11.2 Å². The molecular weight excluding hydrogens is 433 g/mol. The van der Waals surface area contributed by atoms with Crippen LogP contribution >= 0.6 is 0 Å². The summed E-state index contributed by atoms with van der Waals surface area (Å²) in [6, 6.07) is 9.17. The largest absolute Gasteiger partial charge is 0.472 e. The van der Waals surface area contributed by atoms with Gasteiger partial charge < -0.3 is 14.7 Å². The first-order chi connectivity index (χ1) is 16.7. The van der Waals surface area contributed by atoms with Crippen molar-refractivity contribution in [1.29, 1.82) is 0 Å². The lowest BCUT2D eigenvalue weighted by Gasteiger charge is -2.06. The highest BCUT2D eigenvalue weighted by atomic mass is 19.1. The maximum absolute atomic E-state index is 15.1. The smallest absolute Gasteiger partial charge is 0.178 e. The van der Waals surface area contributed by atoms with E-state index in [-0.39, 0.29) is 5.52 Å². The third kappa shape index (κ3) is 3.43. The average Bonchev–Trinajstić information content (AvgIpc) is 3.62. The van der Waals surface area contributed by atoms with Crippen molar-refractivity contribution in [3.63, 3.8) is 0 Å². The van der Waals surface area contributed by atoms with Crippen LogP contribution in [-0.4, -0.2) is 36.7 Å². The van der Waals surface area contributed by atoms with Crippen LogP contribution in [-0.2, 0) is 6.54 Å². The summed E-state index contributed by atoms with van der Waals surface area (Å²) < 4.78 is 20.3. The molecule has 0 unspecified atom stereocenters. The van der Waals surface area contributed by atoms with Gasteiger partial charge >= 0.3 is 0 Å². The number of nitrogens with one attached hydrogen (secondary N) is 3. The predicted molar refractivity (Wildman–Crippen MR) is 127 cm³/mol.